The highest BCUT2D eigenvalue weighted by Crippen LogP contribution is 1.87. The minimum atomic E-state index is 0.230. The SMILES string of the molecule is CN=CN(NC=O)C(C)C. The fourth-order valence-electron chi connectivity index (χ4n) is 0.501. The van der Waals surface area contributed by atoms with Gasteiger partial charge in [-0.3, -0.25) is 20.2 Å². The van der Waals surface area contributed by atoms with Crippen molar-refractivity contribution in [2.45, 2.75) is 19.9 Å². The molecule has 0 aromatic heterocycles. The van der Waals surface area contributed by atoms with Crippen LogP contribution in [0.4, 0.5) is 0 Å². The van der Waals surface area contributed by atoms with E-state index in [2.05, 4.69) is 10.4 Å². The molecule has 0 aliphatic rings. The number of hydrogen-bond acceptors (Lipinski definition) is 2. The standard InChI is InChI=1S/C6H13N3O/c1-6(2)9(4-7-3)8-5-10/h4-6H,1-3H3,(H,8,10). The number of amides is 1. The molecule has 0 heterocycles. The maximum absolute atomic E-state index is 9.98. The van der Waals surface area contributed by atoms with Crippen molar-refractivity contribution in [3.63, 3.8) is 0 Å². The summed E-state index contributed by atoms with van der Waals surface area (Å²) in [5.74, 6) is 0. The van der Waals surface area contributed by atoms with Crippen LogP contribution in [0.2, 0.25) is 0 Å². The van der Waals surface area contributed by atoms with Crippen molar-refractivity contribution in [3.8, 4) is 0 Å². The number of hydrogen-bond donors (Lipinski definition) is 1. The fraction of sp³-hybridized carbons (Fsp3) is 0.667. The lowest BCUT2D eigenvalue weighted by atomic mass is 10.4. The van der Waals surface area contributed by atoms with Crippen molar-refractivity contribution < 1.29 is 4.79 Å². The Bertz CT molecular complexity index is 122. The van der Waals surface area contributed by atoms with Crippen LogP contribution in [0, 0.1) is 0 Å². The number of carbonyl (C=O) groups excluding carboxylic acids is 1. The lowest BCUT2D eigenvalue weighted by Crippen LogP contribution is -2.40. The van der Waals surface area contributed by atoms with Crippen LogP contribution in [0.5, 0.6) is 0 Å². The molecule has 0 rings (SSSR count). The zero-order valence-corrected chi connectivity index (χ0v) is 6.53. The molecule has 0 aliphatic carbocycles. The van der Waals surface area contributed by atoms with Gasteiger partial charge >= 0.3 is 0 Å². The normalized spacial score (nSPS) is 10.4. The molecule has 0 radical (unpaired) electrons. The van der Waals surface area contributed by atoms with E-state index < -0.39 is 0 Å². The Balaban J connectivity index is 3.84. The molecule has 0 bridgehead atoms. The second-order valence-corrected chi connectivity index (χ2v) is 2.12. The Labute approximate surface area is 60.9 Å². The van der Waals surface area contributed by atoms with Crippen LogP contribution < -0.4 is 5.43 Å². The average molecular weight is 143 g/mol. The maximum Gasteiger partial charge on any atom is 0.225 e. The number of carbonyl (C=O) groups is 1. The Morgan fingerprint density at radius 3 is 2.50 bits per heavy atom. The van der Waals surface area contributed by atoms with E-state index in [0.717, 1.165) is 0 Å². The zero-order chi connectivity index (χ0) is 7.98. The zero-order valence-electron chi connectivity index (χ0n) is 6.53. The molecule has 4 nitrogen and oxygen atoms in total. The van der Waals surface area contributed by atoms with Gasteiger partial charge in [-0.05, 0) is 13.8 Å². The van der Waals surface area contributed by atoms with E-state index in [9.17, 15) is 4.79 Å². The summed E-state index contributed by atoms with van der Waals surface area (Å²) < 4.78 is 0. The van der Waals surface area contributed by atoms with Gasteiger partial charge in [0.25, 0.3) is 0 Å². The van der Waals surface area contributed by atoms with Crippen LogP contribution in [0.15, 0.2) is 4.99 Å². The van der Waals surface area contributed by atoms with Crippen molar-refractivity contribution in [3.05, 3.63) is 0 Å². The number of aliphatic imine (C=N–C) groups is 1. The molecule has 0 saturated carbocycles. The van der Waals surface area contributed by atoms with E-state index in [1.807, 2.05) is 13.8 Å². The summed E-state index contributed by atoms with van der Waals surface area (Å²) in [6.07, 6.45) is 2.20. The predicted octanol–water partition coefficient (Wildman–Crippen LogP) is 0.0159. The number of rotatable bonds is 4. The van der Waals surface area contributed by atoms with Gasteiger partial charge in [-0.15, -0.1) is 0 Å². The van der Waals surface area contributed by atoms with Crippen molar-refractivity contribution in [1.29, 1.82) is 0 Å². The summed E-state index contributed by atoms with van der Waals surface area (Å²) >= 11 is 0. The number of hydrazine groups is 1. The molecule has 0 fully saturated rings. The minimum absolute atomic E-state index is 0.230. The van der Waals surface area contributed by atoms with Crippen molar-refractivity contribution >= 4 is 12.7 Å². The highest BCUT2D eigenvalue weighted by atomic mass is 16.1. The smallest absolute Gasteiger partial charge is 0.225 e. The van der Waals surface area contributed by atoms with E-state index in [4.69, 9.17) is 0 Å². The fourth-order valence-corrected chi connectivity index (χ4v) is 0.501. The van der Waals surface area contributed by atoms with Crippen LogP contribution in [0.25, 0.3) is 0 Å². The van der Waals surface area contributed by atoms with Gasteiger partial charge in [0.2, 0.25) is 6.41 Å². The first-order valence-electron chi connectivity index (χ1n) is 3.12. The largest absolute Gasteiger partial charge is 0.277 e. The third-order valence-corrected chi connectivity index (χ3v) is 0.998. The van der Waals surface area contributed by atoms with Crippen LogP contribution in [-0.2, 0) is 4.79 Å². The van der Waals surface area contributed by atoms with Gasteiger partial charge in [0.15, 0.2) is 0 Å². The molecule has 58 valence electrons. The van der Waals surface area contributed by atoms with E-state index >= 15 is 0 Å². The van der Waals surface area contributed by atoms with Gasteiger partial charge in [0, 0.05) is 13.1 Å². The van der Waals surface area contributed by atoms with E-state index in [-0.39, 0.29) is 6.04 Å². The third kappa shape index (κ3) is 3.06. The molecular formula is C6H13N3O. The first kappa shape index (κ1) is 8.94. The van der Waals surface area contributed by atoms with E-state index in [1.165, 1.54) is 0 Å². The van der Waals surface area contributed by atoms with E-state index in [0.29, 0.717) is 6.41 Å². The summed E-state index contributed by atoms with van der Waals surface area (Å²) in [5, 5.41) is 1.62. The molecule has 0 aliphatic heterocycles. The highest BCUT2D eigenvalue weighted by Gasteiger charge is 2.00. The monoisotopic (exact) mass is 143 g/mol. The Morgan fingerprint density at radius 1 is 1.60 bits per heavy atom. The lowest BCUT2D eigenvalue weighted by molar-refractivity contribution is -0.112. The first-order chi connectivity index (χ1) is 4.72. The summed E-state index contributed by atoms with van der Waals surface area (Å²) in [6.45, 7) is 3.91. The Hall–Kier alpha value is -1.06. The summed E-state index contributed by atoms with van der Waals surface area (Å²) in [6, 6.07) is 0.230. The number of nitrogens with one attached hydrogen (secondary N) is 1. The second-order valence-electron chi connectivity index (χ2n) is 2.12. The molecule has 10 heavy (non-hydrogen) atoms. The second kappa shape index (κ2) is 4.78. The van der Waals surface area contributed by atoms with Gasteiger partial charge in [0.05, 0.1) is 0 Å². The third-order valence-electron chi connectivity index (χ3n) is 0.998. The van der Waals surface area contributed by atoms with Crippen molar-refractivity contribution in [2.75, 3.05) is 7.05 Å². The Morgan fingerprint density at radius 2 is 2.20 bits per heavy atom. The van der Waals surface area contributed by atoms with Gasteiger partial charge in [-0.25, -0.2) is 0 Å². The molecule has 1 N–H and O–H groups in total. The molecule has 4 heteroatoms. The topological polar surface area (TPSA) is 44.7 Å². The predicted molar refractivity (Wildman–Crippen MR) is 40.6 cm³/mol. The van der Waals surface area contributed by atoms with Gasteiger partial charge in [-0.1, -0.05) is 0 Å². The lowest BCUT2D eigenvalue weighted by Gasteiger charge is -2.21. The van der Waals surface area contributed by atoms with Crippen LogP contribution in [-0.4, -0.2) is 30.8 Å². The van der Waals surface area contributed by atoms with Crippen molar-refractivity contribution in [2.24, 2.45) is 4.99 Å². The summed E-state index contributed by atoms with van der Waals surface area (Å²) in [4.78, 5) is 13.7. The van der Waals surface area contributed by atoms with E-state index in [1.54, 1.807) is 18.4 Å². The van der Waals surface area contributed by atoms with Gasteiger partial charge in [-0.2, -0.15) is 0 Å². The summed E-state index contributed by atoms with van der Waals surface area (Å²) in [5.41, 5.74) is 2.49. The van der Waals surface area contributed by atoms with Crippen LogP contribution in [0.3, 0.4) is 0 Å². The van der Waals surface area contributed by atoms with Gasteiger partial charge in [0.1, 0.15) is 6.34 Å². The highest BCUT2D eigenvalue weighted by molar-refractivity contribution is 5.58. The Kier molecular flexibility index (Phi) is 4.28. The number of nitrogens with zero attached hydrogens (tertiary/aromatic N) is 2. The quantitative estimate of drug-likeness (QED) is 0.261. The molecule has 0 aromatic rings. The molecule has 0 spiro atoms. The first-order valence-corrected chi connectivity index (χ1v) is 3.12. The van der Waals surface area contributed by atoms with Crippen LogP contribution >= 0.6 is 0 Å². The molecule has 1 amide bonds. The molecule has 0 saturated heterocycles. The molecule has 0 aromatic carbocycles. The van der Waals surface area contributed by atoms with Crippen molar-refractivity contribution in [1.82, 2.24) is 10.4 Å². The summed E-state index contributed by atoms with van der Waals surface area (Å²) in [7, 11) is 1.65. The van der Waals surface area contributed by atoms with Gasteiger partial charge < -0.3 is 0 Å². The molecular weight excluding hydrogens is 130 g/mol. The molecule has 0 atom stereocenters. The molecule has 0 unspecified atom stereocenters. The van der Waals surface area contributed by atoms with Crippen LogP contribution in [0.1, 0.15) is 13.8 Å². The average Bonchev–Trinajstić information content (AvgIpc) is 1.87. The minimum Gasteiger partial charge on any atom is -0.277 e. The maximum atomic E-state index is 9.98.